The van der Waals surface area contributed by atoms with Gasteiger partial charge in [0.2, 0.25) is 11.8 Å². The van der Waals surface area contributed by atoms with E-state index in [0.717, 1.165) is 11.8 Å². The monoisotopic (exact) mass is 398 g/mol. The van der Waals surface area contributed by atoms with E-state index in [9.17, 15) is 14.4 Å². The average molecular weight is 399 g/mol. The van der Waals surface area contributed by atoms with Crippen molar-refractivity contribution in [3.63, 3.8) is 0 Å². The van der Waals surface area contributed by atoms with Gasteiger partial charge in [-0.1, -0.05) is 23.4 Å². The Balaban J connectivity index is 2.28. The second-order valence-corrected chi connectivity index (χ2v) is 6.77. The molecule has 2 aromatic rings. The van der Waals surface area contributed by atoms with Crippen molar-refractivity contribution in [2.24, 2.45) is 5.73 Å². The molecule has 2 rings (SSSR count). The fourth-order valence-corrected chi connectivity index (χ4v) is 3.24. The number of thioether (sulfide) groups is 1. The number of nitrogens with two attached hydrogens (primary N) is 1. The summed E-state index contributed by atoms with van der Waals surface area (Å²) in [6.07, 6.45) is 0.624. The minimum absolute atomic E-state index is 0.00390. The summed E-state index contributed by atoms with van der Waals surface area (Å²) < 4.78 is 6.55. The molecule has 0 fully saturated rings. The molecular formula is C16H19ClN4O4S. The smallest absolute Gasteiger partial charge is 0.262 e. The largest absolute Gasteiger partial charge is 0.385 e. The molecule has 3 N–H and O–H groups in total. The number of benzene rings is 1. The number of methoxy groups -OCH3 is 1. The normalized spacial score (nSPS) is 10.8. The molecule has 1 aromatic carbocycles. The molecule has 1 aromatic heterocycles. The number of amides is 2. The number of rotatable bonds is 9. The Bertz CT molecular complexity index is 871. The first kappa shape index (κ1) is 20.2. The standard InChI is InChI=1S/C16H19ClN4O4S/c1-25-6-2-5-21-15(24)11-4-3-10(17)7-12(11)20-16(21)26-9-14(23)19-8-13(18)22/h3-4,7H,2,5-6,8-9H2,1H3,(H2,18,22)(H,19,23). The van der Waals surface area contributed by atoms with Crippen LogP contribution in [0.15, 0.2) is 28.2 Å². The van der Waals surface area contributed by atoms with Crippen molar-refractivity contribution in [3.8, 4) is 0 Å². The molecule has 0 spiro atoms. The number of carbonyl (C=O) groups is 2. The van der Waals surface area contributed by atoms with Gasteiger partial charge < -0.3 is 15.8 Å². The molecule has 0 radical (unpaired) electrons. The molecule has 140 valence electrons. The molecule has 10 heteroatoms. The van der Waals surface area contributed by atoms with Crippen LogP contribution >= 0.6 is 23.4 Å². The summed E-state index contributed by atoms with van der Waals surface area (Å²) in [5, 5.41) is 3.71. The van der Waals surface area contributed by atoms with E-state index in [2.05, 4.69) is 10.3 Å². The van der Waals surface area contributed by atoms with Crippen LogP contribution in [0.2, 0.25) is 5.02 Å². The summed E-state index contributed by atoms with van der Waals surface area (Å²) >= 11 is 7.09. The number of hydrogen-bond acceptors (Lipinski definition) is 6. The van der Waals surface area contributed by atoms with Gasteiger partial charge in [0.1, 0.15) is 0 Å². The van der Waals surface area contributed by atoms with Crippen molar-refractivity contribution in [3.05, 3.63) is 33.6 Å². The Morgan fingerprint density at radius 2 is 2.19 bits per heavy atom. The van der Waals surface area contributed by atoms with E-state index in [-0.39, 0.29) is 23.8 Å². The maximum absolute atomic E-state index is 12.8. The number of carbonyl (C=O) groups excluding carboxylic acids is 2. The second-order valence-electron chi connectivity index (χ2n) is 5.39. The Labute approximate surface area is 159 Å². The molecule has 0 aliphatic heterocycles. The summed E-state index contributed by atoms with van der Waals surface area (Å²) in [5.74, 6) is -1.01. The molecule has 0 aliphatic rings. The van der Waals surface area contributed by atoms with Crippen molar-refractivity contribution in [1.29, 1.82) is 0 Å². The van der Waals surface area contributed by atoms with Gasteiger partial charge in [0.25, 0.3) is 5.56 Å². The number of primary amides is 1. The zero-order valence-electron chi connectivity index (χ0n) is 14.2. The minimum Gasteiger partial charge on any atom is -0.385 e. The molecule has 0 saturated carbocycles. The van der Waals surface area contributed by atoms with Gasteiger partial charge in [0, 0.05) is 25.3 Å². The summed E-state index contributed by atoms with van der Waals surface area (Å²) in [6, 6.07) is 4.87. The fourth-order valence-electron chi connectivity index (χ4n) is 2.22. The van der Waals surface area contributed by atoms with Crippen LogP contribution in [0.4, 0.5) is 0 Å². The molecule has 26 heavy (non-hydrogen) atoms. The highest BCUT2D eigenvalue weighted by Gasteiger charge is 2.14. The third kappa shape index (κ3) is 5.45. The number of halogens is 1. The number of nitrogens with zero attached hydrogens (tertiary/aromatic N) is 2. The van der Waals surface area contributed by atoms with Gasteiger partial charge in [0.15, 0.2) is 5.16 Å². The third-order valence-corrected chi connectivity index (χ3v) is 4.62. The Hall–Kier alpha value is -2.10. The van der Waals surface area contributed by atoms with Crippen LogP contribution < -0.4 is 16.6 Å². The summed E-state index contributed by atoms with van der Waals surface area (Å²) in [5.41, 5.74) is 5.25. The van der Waals surface area contributed by atoms with Gasteiger partial charge in [0.05, 0.1) is 23.2 Å². The molecular weight excluding hydrogens is 380 g/mol. The molecule has 0 saturated heterocycles. The zero-order chi connectivity index (χ0) is 19.1. The Kier molecular flexibility index (Phi) is 7.43. The number of aromatic nitrogens is 2. The van der Waals surface area contributed by atoms with E-state index in [0.29, 0.717) is 40.7 Å². The van der Waals surface area contributed by atoms with Crippen molar-refractivity contribution in [2.75, 3.05) is 26.0 Å². The summed E-state index contributed by atoms with van der Waals surface area (Å²) in [4.78, 5) is 39.8. The zero-order valence-corrected chi connectivity index (χ0v) is 15.7. The lowest BCUT2D eigenvalue weighted by Gasteiger charge is -2.13. The van der Waals surface area contributed by atoms with E-state index >= 15 is 0 Å². The number of ether oxygens (including phenoxy) is 1. The molecule has 0 atom stereocenters. The quantitative estimate of drug-likeness (QED) is 0.366. The van der Waals surface area contributed by atoms with Crippen molar-refractivity contribution in [2.45, 2.75) is 18.1 Å². The third-order valence-electron chi connectivity index (χ3n) is 3.40. The average Bonchev–Trinajstić information content (AvgIpc) is 2.60. The van der Waals surface area contributed by atoms with Gasteiger partial charge >= 0.3 is 0 Å². The van der Waals surface area contributed by atoms with Gasteiger partial charge in [-0.25, -0.2) is 4.98 Å². The highest BCUT2D eigenvalue weighted by atomic mass is 35.5. The summed E-state index contributed by atoms with van der Waals surface area (Å²) in [7, 11) is 1.59. The van der Waals surface area contributed by atoms with Crippen LogP contribution in [-0.2, 0) is 20.9 Å². The molecule has 2 amide bonds. The van der Waals surface area contributed by atoms with E-state index in [1.807, 2.05) is 0 Å². The van der Waals surface area contributed by atoms with Crippen LogP contribution in [0.5, 0.6) is 0 Å². The van der Waals surface area contributed by atoms with Gasteiger partial charge in [-0.05, 0) is 24.6 Å². The van der Waals surface area contributed by atoms with E-state index in [4.69, 9.17) is 22.1 Å². The first-order chi connectivity index (χ1) is 12.4. The van der Waals surface area contributed by atoms with Gasteiger partial charge in [-0.3, -0.25) is 19.0 Å². The van der Waals surface area contributed by atoms with Crippen molar-refractivity contribution < 1.29 is 14.3 Å². The van der Waals surface area contributed by atoms with Crippen molar-refractivity contribution in [1.82, 2.24) is 14.9 Å². The highest BCUT2D eigenvalue weighted by Crippen LogP contribution is 2.20. The van der Waals surface area contributed by atoms with Crippen molar-refractivity contribution >= 4 is 46.1 Å². The molecule has 0 bridgehead atoms. The predicted molar refractivity (Wildman–Crippen MR) is 100 cm³/mol. The first-order valence-electron chi connectivity index (χ1n) is 7.79. The van der Waals surface area contributed by atoms with E-state index in [1.165, 1.54) is 4.57 Å². The fraction of sp³-hybridized carbons (Fsp3) is 0.375. The lowest BCUT2D eigenvalue weighted by molar-refractivity contribution is -0.123. The van der Waals surface area contributed by atoms with Crippen LogP contribution in [0.3, 0.4) is 0 Å². The van der Waals surface area contributed by atoms with Crippen LogP contribution in [0.1, 0.15) is 6.42 Å². The molecule has 8 nitrogen and oxygen atoms in total. The van der Waals surface area contributed by atoms with Crippen LogP contribution in [-0.4, -0.2) is 47.4 Å². The second kappa shape index (κ2) is 9.56. The predicted octanol–water partition coefficient (Wildman–Crippen LogP) is 0.780. The maximum Gasteiger partial charge on any atom is 0.262 e. The molecule has 0 unspecified atom stereocenters. The number of fused-ring (bicyclic) bond motifs is 1. The minimum atomic E-state index is -0.627. The maximum atomic E-state index is 12.8. The lowest BCUT2D eigenvalue weighted by Crippen LogP contribution is -2.34. The Morgan fingerprint density at radius 3 is 2.88 bits per heavy atom. The van der Waals surface area contributed by atoms with Gasteiger partial charge in [-0.2, -0.15) is 0 Å². The molecule has 1 heterocycles. The van der Waals surface area contributed by atoms with E-state index in [1.54, 1.807) is 25.3 Å². The number of nitrogens with one attached hydrogen (secondary N) is 1. The topological polar surface area (TPSA) is 116 Å². The SMILES string of the molecule is COCCCn1c(SCC(=O)NCC(N)=O)nc2cc(Cl)ccc2c1=O. The lowest BCUT2D eigenvalue weighted by atomic mass is 10.2. The first-order valence-corrected chi connectivity index (χ1v) is 9.15. The van der Waals surface area contributed by atoms with Gasteiger partial charge in [-0.15, -0.1) is 0 Å². The van der Waals surface area contributed by atoms with Crippen LogP contribution in [0, 0.1) is 0 Å². The number of hydrogen-bond donors (Lipinski definition) is 2. The molecule has 0 aliphatic carbocycles. The Morgan fingerprint density at radius 1 is 1.42 bits per heavy atom. The van der Waals surface area contributed by atoms with Crippen LogP contribution in [0.25, 0.3) is 10.9 Å². The highest BCUT2D eigenvalue weighted by molar-refractivity contribution is 7.99. The summed E-state index contributed by atoms with van der Waals surface area (Å²) in [6.45, 7) is 0.665. The van der Waals surface area contributed by atoms with E-state index < -0.39 is 5.91 Å².